The monoisotopic (exact) mass is 407 g/mol. The zero-order chi connectivity index (χ0) is 17.2. The van der Waals surface area contributed by atoms with Gasteiger partial charge in [-0.1, -0.05) is 13.0 Å². The van der Waals surface area contributed by atoms with Crippen molar-refractivity contribution in [1.82, 2.24) is 14.9 Å². The Morgan fingerprint density at radius 3 is 2.80 bits per heavy atom. The van der Waals surface area contributed by atoms with E-state index in [0.717, 1.165) is 32.4 Å². The largest absolute Gasteiger partial charge is 0.354 e. The number of nitrogens with one attached hydrogen (secondary N) is 2. The van der Waals surface area contributed by atoms with Crippen molar-refractivity contribution >= 4 is 39.7 Å². The molecule has 2 N–H and O–H groups in total. The van der Waals surface area contributed by atoms with E-state index in [2.05, 4.69) is 17.6 Å². The molecule has 142 valence electrons. The summed E-state index contributed by atoms with van der Waals surface area (Å²) in [6.07, 6.45) is 3.36. The second-order valence-corrected chi connectivity index (χ2v) is 10.0. The smallest absolute Gasteiger partial charge is 0.253 e. The zero-order valence-corrected chi connectivity index (χ0v) is 16.8. The normalized spacial score (nSPS) is 23.8. The van der Waals surface area contributed by atoms with E-state index in [1.54, 1.807) is 17.5 Å². The molecule has 1 atom stereocenters. The summed E-state index contributed by atoms with van der Waals surface area (Å²) in [7, 11) is -3.57. The Labute approximate surface area is 159 Å². The number of piperidine rings is 1. The van der Waals surface area contributed by atoms with E-state index in [-0.39, 0.29) is 23.7 Å². The van der Waals surface area contributed by atoms with Gasteiger partial charge in [0.05, 0.1) is 0 Å². The first-order chi connectivity index (χ1) is 11.4. The van der Waals surface area contributed by atoms with Gasteiger partial charge in [0.15, 0.2) is 0 Å². The van der Waals surface area contributed by atoms with Crippen LogP contribution in [0.15, 0.2) is 21.7 Å². The number of hydrogen-bond donors (Lipinski definition) is 2. The fraction of sp³-hybridized carbons (Fsp3) is 0.688. The van der Waals surface area contributed by atoms with Gasteiger partial charge in [-0.3, -0.25) is 4.79 Å². The van der Waals surface area contributed by atoms with Crippen molar-refractivity contribution in [3.8, 4) is 0 Å². The number of rotatable bonds is 5. The number of thiophene rings is 1. The van der Waals surface area contributed by atoms with Crippen molar-refractivity contribution in [2.75, 3.05) is 26.2 Å². The molecule has 25 heavy (non-hydrogen) atoms. The molecule has 3 heterocycles. The van der Waals surface area contributed by atoms with Crippen LogP contribution in [0.3, 0.4) is 0 Å². The number of carbonyl (C=O) groups excluding carboxylic acids is 1. The summed E-state index contributed by atoms with van der Waals surface area (Å²) in [6.45, 7) is 5.14. The molecule has 0 spiro atoms. The molecule has 2 saturated heterocycles. The summed E-state index contributed by atoms with van der Waals surface area (Å²) >= 11 is 1.20. The van der Waals surface area contributed by atoms with Crippen LogP contribution in [-0.2, 0) is 14.8 Å². The molecule has 0 saturated carbocycles. The lowest BCUT2D eigenvalue weighted by Gasteiger charge is -2.34. The lowest BCUT2D eigenvalue weighted by atomic mass is 9.81. The van der Waals surface area contributed by atoms with E-state index >= 15 is 0 Å². The summed E-state index contributed by atoms with van der Waals surface area (Å²) in [5, 5.41) is 8.08. The highest BCUT2D eigenvalue weighted by Crippen LogP contribution is 2.30. The van der Waals surface area contributed by atoms with Crippen molar-refractivity contribution in [2.24, 2.45) is 5.41 Å². The highest BCUT2D eigenvalue weighted by Gasteiger charge is 2.40. The number of nitrogens with zero attached hydrogens (tertiary/aromatic N) is 1. The van der Waals surface area contributed by atoms with Gasteiger partial charge < -0.3 is 10.6 Å². The summed E-state index contributed by atoms with van der Waals surface area (Å²) in [4.78, 5) is 12.6. The Balaban J connectivity index is 0.00000225. The Hall–Kier alpha value is -0.670. The van der Waals surface area contributed by atoms with Crippen molar-refractivity contribution in [3.63, 3.8) is 0 Å². The third-order valence-electron chi connectivity index (χ3n) is 5.06. The van der Waals surface area contributed by atoms with Crippen LogP contribution in [0, 0.1) is 5.41 Å². The first-order valence-corrected chi connectivity index (χ1v) is 10.8. The van der Waals surface area contributed by atoms with Gasteiger partial charge in [0.1, 0.15) is 10.3 Å². The molecule has 0 bridgehead atoms. The van der Waals surface area contributed by atoms with Crippen molar-refractivity contribution in [1.29, 1.82) is 0 Å². The van der Waals surface area contributed by atoms with Gasteiger partial charge in [0.25, 0.3) is 10.0 Å². The zero-order valence-electron chi connectivity index (χ0n) is 14.4. The quantitative estimate of drug-likeness (QED) is 0.780. The number of halogens is 1. The molecule has 2 fully saturated rings. The summed E-state index contributed by atoms with van der Waals surface area (Å²) < 4.78 is 27.1. The summed E-state index contributed by atoms with van der Waals surface area (Å²) in [5.41, 5.74) is 0.0942. The summed E-state index contributed by atoms with van der Waals surface area (Å²) in [6, 6.07) is 2.74. The van der Waals surface area contributed by atoms with Gasteiger partial charge in [0.2, 0.25) is 5.91 Å². The molecule has 1 aromatic rings. The fourth-order valence-corrected chi connectivity index (χ4v) is 6.22. The third kappa shape index (κ3) is 4.54. The molecular weight excluding hydrogens is 382 g/mol. The van der Waals surface area contributed by atoms with E-state index < -0.39 is 16.1 Å². The lowest BCUT2D eigenvalue weighted by Crippen LogP contribution is -2.49. The molecule has 3 rings (SSSR count). The maximum absolute atomic E-state index is 12.7. The highest BCUT2D eigenvalue weighted by molar-refractivity contribution is 7.91. The average molecular weight is 408 g/mol. The predicted molar refractivity (Wildman–Crippen MR) is 102 cm³/mol. The molecule has 1 unspecified atom stereocenters. The molecule has 0 aromatic carbocycles. The number of amides is 1. The number of carbonyl (C=O) groups is 1. The van der Waals surface area contributed by atoms with Crippen LogP contribution in [0.5, 0.6) is 0 Å². The van der Waals surface area contributed by atoms with Crippen molar-refractivity contribution < 1.29 is 13.2 Å². The van der Waals surface area contributed by atoms with E-state index in [9.17, 15) is 13.2 Å². The Morgan fingerprint density at radius 1 is 1.44 bits per heavy atom. The standard InChI is InChI=1S/C16H25N3O3S2.ClH/c1-16(6-8-17-9-7-16)12-18-15(20)13-4-2-10-19(13)24(21,22)14-5-3-11-23-14;/h3,5,11,13,17H,2,4,6-10,12H2,1H3,(H,18,20);1H. The molecule has 1 aromatic heterocycles. The SMILES string of the molecule is CC1(CNC(=O)C2CCCN2S(=O)(=O)c2cccs2)CCNCC1.Cl. The molecule has 2 aliphatic rings. The highest BCUT2D eigenvalue weighted by atomic mass is 35.5. The van der Waals surface area contributed by atoms with Crippen LogP contribution < -0.4 is 10.6 Å². The van der Waals surface area contributed by atoms with Gasteiger partial charge in [-0.05, 0) is 55.6 Å². The maximum atomic E-state index is 12.7. The topological polar surface area (TPSA) is 78.5 Å². The Morgan fingerprint density at radius 2 is 2.16 bits per heavy atom. The van der Waals surface area contributed by atoms with E-state index in [4.69, 9.17) is 0 Å². The second kappa shape index (κ2) is 8.35. The first-order valence-electron chi connectivity index (χ1n) is 8.46. The molecule has 6 nitrogen and oxygen atoms in total. The molecule has 9 heteroatoms. The summed E-state index contributed by atoms with van der Waals surface area (Å²) in [5.74, 6) is -0.160. The van der Waals surface area contributed by atoms with Crippen LogP contribution in [0.2, 0.25) is 0 Å². The minimum atomic E-state index is -3.57. The van der Waals surface area contributed by atoms with Crippen LogP contribution in [-0.4, -0.2) is 50.9 Å². The molecule has 1 amide bonds. The van der Waals surface area contributed by atoms with Gasteiger partial charge in [-0.15, -0.1) is 23.7 Å². The second-order valence-electron chi connectivity index (χ2n) is 6.98. The lowest BCUT2D eigenvalue weighted by molar-refractivity contribution is -0.124. The van der Waals surface area contributed by atoms with Gasteiger partial charge >= 0.3 is 0 Å². The molecule has 0 aliphatic carbocycles. The van der Waals surface area contributed by atoms with E-state index in [1.165, 1.54) is 15.6 Å². The minimum absolute atomic E-state index is 0. The van der Waals surface area contributed by atoms with E-state index in [1.807, 2.05) is 0 Å². The minimum Gasteiger partial charge on any atom is -0.354 e. The number of hydrogen-bond acceptors (Lipinski definition) is 5. The van der Waals surface area contributed by atoms with Crippen molar-refractivity contribution in [2.45, 2.75) is 42.9 Å². The maximum Gasteiger partial charge on any atom is 0.253 e. The Bertz CT molecular complexity index is 673. The number of sulfonamides is 1. The average Bonchev–Trinajstić information content (AvgIpc) is 3.25. The van der Waals surface area contributed by atoms with Crippen LogP contribution >= 0.6 is 23.7 Å². The van der Waals surface area contributed by atoms with Gasteiger partial charge in [-0.2, -0.15) is 4.31 Å². The molecule has 0 radical (unpaired) electrons. The van der Waals surface area contributed by atoms with Crippen LogP contribution in [0.4, 0.5) is 0 Å². The van der Waals surface area contributed by atoms with Crippen LogP contribution in [0.25, 0.3) is 0 Å². The molecular formula is C16H26ClN3O3S2. The van der Waals surface area contributed by atoms with Crippen LogP contribution in [0.1, 0.15) is 32.6 Å². The fourth-order valence-electron chi connectivity index (χ4n) is 3.44. The van der Waals surface area contributed by atoms with E-state index in [0.29, 0.717) is 23.7 Å². The van der Waals surface area contributed by atoms with Crippen molar-refractivity contribution in [3.05, 3.63) is 17.5 Å². The first kappa shape index (κ1) is 20.6. The van der Waals surface area contributed by atoms with Gasteiger partial charge in [0, 0.05) is 13.1 Å². The Kier molecular flexibility index (Phi) is 6.89. The molecule has 2 aliphatic heterocycles. The predicted octanol–water partition coefficient (Wildman–Crippen LogP) is 1.83. The van der Waals surface area contributed by atoms with Gasteiger partial charge in [-0.25, -0.2) is 8.42 Å². The third-order valence-corrected chi connectivity index (χ3v) is 8.35.